The molecule has 122 valence electrons. The van der Waals surface area contributed by atoms with Gasteiger partial charge >= 0.3 is 6.55 Å². The third-order valence-electron chi connectivity index (χ3n) is 4.11. The molecule has 0 aliphatic carbocycles. The van der Waals surface area contributed by atoms with E-state index in [1.54, 1.807) is 30.5 Å². The number of nitrogens with one attached hydrogen (secondary N) is 1. The van der Waals surface area contributed by atoms with Crippen molar-refractivity contribution in [1.29, 1.82) is 0 Å². The van der Waals surface area contributed by atoms with Crippen LogP contribution in [0.3, 0.4) is 0 Å². The van der Waals surface area contributed by atoms with Gasteiger partial charge in [-0.25, -0.2) is 9.97 Å². The minimum Gasteiger partial charge on any atom is -0.334 e. The summed E-state index contributed by atoms with van der Waals surface area (Å²) in [6.45, 7) is 1.66. The summed E-state index contributed by atoms with van der Waals surface area (Å²) in [5, 5.41) is 3.25. The average Bonchev–Trinajstić information content (AvgIpc) is 3.07. The molecule has 1 atom stereocenters. The zero-order valence-corrected chi connectivity index (χ0v) is 13.3. The van der Waals surface area contributed by atoms with Crippen molar-refractivity contribution < 1.29 is 8.78 Å². The molecule has 2 aromatic heterocycles. The Morgan fingerprint density at radius 3 is 2.65 bits per heavy atom. The van der Waals surface area contributed by atoms with Crippen LogP contribution in [0.4, 0.5) is 8.78 Å². The van der Waals surface area contributed by atoms with E-state index in [9.17, 15) is 8.78 Å². The van der Waals surface area contributed by atoms with Gasteiger partial charge in [-0.15, -0.1) is 0 Å². The molecule has 0 saturated heterocycles. The van der Waals surface area contributed by atoms with Crippen molar-refractivity contribution in [3.63, 3.8) is 0 Å². The van der Waals surface area contributed by atoms with Crippen LogP contribution in [0.25, 0.3) is 11.0 Å². The van der Waals surface area contributed by atoms with E-state index >= 15 is 0 Å². The van der Waals surface area contributed by atoms with Gasteiger partial charge in [-0.1, -0.05) is 12.1 Å². The number of benzene rings is 1. The molecule has 0 bridgehead atoms. The first-order valence-electron chi connectivity index (χ1n) is 7.44. The number of aromatic nitrogens is 4. The molecule has 23 heavy (non-hydrogen) atoms. The van der Waals surface area contributed by atoms with Gasteiger partial charge in [0.25, 0.3) is 0 Å². The van der Waals surface area contributed by atoms with Crippen molar-refractivity contribution in [3.8, 4) is 0 Å². The first-order chi connectivity index (χ1) is 11.0. The number of fused-ring (bicyclic) bond motifs is 1. The van der Waals surface area contributed by atoms with Crippen LogP contribution in [0.5, 0.6) is 0 Å². The topological polar surface area (TPSA) is 47.7 Å². The minimum absolute atomic E-state index is 0.313. The lowest BCUT2D eigenvalue weighted by Crippen LogP contribution is -2.23. The summed E-state index contributed by atoms with van der Waals surface area (Å²) < 4.78 is 29.9. The molecule has 0 saturated carbocycles. The number of hydrogen-bond acceptors (Lipinski definition) is 3. The number of rotatable bonds is 5. The lowest BCUT2D eigenvalue weighted by Gasteiger charge is -2.16. The number of halogens is 2. The molecule has 1 unspecified atom stereocenters. The molecule has 1 aromatic carbocycles. The summed E-state index contributed by atoms with van der Waals surface area (Å²) in [7, 11) is 1.93. The Morgan fingerprint density at radius 1 is 1.26 bits per heavy atom. The SMILES string of the molecule is Cc1ncc(CNC(C)c2nc3ccccc3n2C(F)F)n1C. The van der Waals surface area contributed by atoms with Crippen LogP contribution in [-0.4, -0.2) is 19.1 Å². The zero-order valence-electron chi connectivity index (χ0n) is 13.3. The highest BCUT2D eigenvalue weighted by Crippen LogP contribution is 2.26. The molecule has 5 nitrogen and oxygen atoms in total. The molecular formula is C16H19F2N5. The summed E-state index contributed by atoms with van der Waals surface area (Å²) in [6.07, 6.45) is 1.78. The number of hydrogen-bond donors (Lipinski definition) is 1. The Kier molecular flexibility index (Phi) is 4.12. The predicted molar refractivity (Wildman–Crippen MR) is 84.2 cm³/mol. The second-order valence-corrected chi connectivity index (χ2v) is 5.56. The highest BCUT2D eigenvalue weighted by atomic mass is 19.3. The van der Waals surface area contributed by atoms with Gasteiger partial charge in [-0.2, -0.15) is 8.78 Å². The summed E-state index contributed by atoms with van der Waals surface area (Å²) in [5.74, 6) is 1.24. The van der Waals surface area contributed by atoms with Crippen LogP contribution < -0.4 is 5.32 Å². The third-order valence-corrected chi connectivity index (χ3v) is 4.11. The number of imidazole rings is 2. The molecule has 0 fully saturated rings. The minimum atomic E-state index is -2.62. The molecule has 1 N–H and O–H groups in total. The summed E-state index contributed by atoms with van der Waals surface area (Å²) in [4.78, 5) is 8.60. The maximum atomic E-state index is 13.5. The fourth-order valence-corrected chi connectivity index (χ4v) is 2.64. The Morgan fingerprint density at radius 2 is 2.00 bits per heavy atom. The Balaban J connectivity index is 1.87. The smallest absolute Gasteiger partial charge is 0.320 e. The largest absolute Gasteiger partial charge is 0.334 e. The normalized spacial score (nSPS) is 13.1. The first kappa shape index (κ1) is 15.6. The molecule has 2 heterocycles. The third kappa shape index (κ3) is 2.84. The van der Waals surface area contributed by atoms with Crippen molar-refractivity contribution in [2.75, 3.05) is 0 Å². The Labute approximate surface area is 133 Å². The molecule has 0 radical (unpaired) electrons. The van der Waals surface area contributed by atoms with Crippen molar-refractivity contribution in [2.45, 2.75) is 33.0 Å². The van der Waals surface area contributed by atoms with E-state index in [0.717, 1.165) is 16.1 Å². The van der Waals surface area contributed by atoms with E-state index in [2.05, 4.69) is 15.3 Å². The van der Waals surface area contributed by atoms with Crippen molar-refractivity contribution in [2.24, 2.45) is 7.05 Å². The number of para-hydroxylation sites is 2. The second kappa shape index (κ2) is 6.08. The van der Waals surface area contributed by atoms with E-state index in [0.29, 0.717) is 23.4 Å². The second-order valence-electron chi connectivity index (χ2n) is 5.56. The van der Waals surface area contributed by atoms with E-state index in [-0.39, 0.29) is 6.04 Å². The Hall–Kier alpha value is -2.28. The summed E-state index contributed by atoms with van der Waals surface area (Å²) in [5.41, 5.74) is 2.02. The van der Waals surface area contributed by atoms with Gasteiger partial charge in [0.05, 0.1) is 22.8 Å². The van der Waals surface area contributed by atoms with Gasteiger partial charge in [0.1, 0.15) is 11.6 Å². The van der Waals surface area contributed by atoms with Crippen molar-refractivity contribution >= 4 is 11.0 Å². The molecule has 0 amide bonds. The van der Waals surface area contributed by atoms with Crippen molar-refractivity contribution in [1.82, 2.24) is 24.4 Å². The summed E-state index contributed by atoms with van der Waals surface area (Å²) in [6, 6.07) is 6.63. The monoisotopic (exact) mass is 319 g/mol. The van der Waals surface area contributed by atoms with Crippen LogP contribution in [0.1, 0.15) is 36.9 Å². The van der Waals surface area contributed by atoms with E-state index in [1.807, 2.05) is 25.5 Å². The van der Waals surface area contributed by atoms with E-state index in [1.165, 1.54) is 0 Å². The highest BCUT2D eigenvalue weighted by molar-refractivity contribution is 5.76. The molecule has 7 heteroatoms. The van der Waals surface area contributed by atoms with Crippen LogP contribution >= 0.6 is 0 Å². The van der Waals surface area contributed by atoms with Crippen LogP contribution in [0, 0.1) is 6.92 Å². The summed E-state index contributed by atoms with van der Waals surface area (Å²) >= 11 is 0. The average molecular weight is 319 g/mol. The van der Waals surface area contributed by atoms with E-state index < -0.39 is 6.55 Å². The standard InChI is InChI=1S/C16H19F2N5/c1-10(19-8-12-9-20-11(2)22(12)3)15-21-13-6-4-5-7-14(13)23(15)16(17)18/h4-7,9-10,16,19H,8H2,1-3H3. The Bertz CT molecular complexity index is 821. The molecule has 0 aliphatic rings. The lowest BCUT2D eigenvalue weighted by molar-refractivity contribution is 0.0697. The van der Waals surface area contributed by atoms with Crippen LogP contribution in [0.15, 0.2) is 30.5 Å². The van der Waals surface area contributed by atoms with Gasteiger partial charge in [-0.05, 0) is 26.0 Å². The highest BCUT2D eigenvalue weighted by Gasteiger charge is 2.21. The van der Waals surface area contributed by atoms with Gasteiger partial charge in [0.2, 0.25) is 0 Å². The first-order valence-corrected chi connectivity index (χ1v) is 7.44. The fraction of sp³-hybridized carbons (Fsp3) is 0.375. The molecule has 0 spiro atoms. The number of nitrogens with zero attached hydrogens (tertiary/aromatic N) is 4. The quantitative estimate of drug-likeness (QED) is 0.785. The maximum absolute atomic E-state index is 13.5. The van der Waals surface area contributed by atoms with Gasteiger partial charge in [-0.3, -0.25) is 4.57 Å². The predicted octanol–water partition coefficient (Wildman–Crippen LogP) is 3.32. The number of alkyl halides is 2. The van der Waals surface area contributed by atoms with E-state index in [4.69, 9.17) is 0 Å². The molecular weight excluding hydrogens is 300 g/mol. The zero-order chi connectivity index (χ0) is 16.6. The molecule has 0 aliphatic heterocycles. The van der Waals surface area contributed by atoms with Crippen LogP contribution in [0.2, 0.25) is 0 Å². The number of aryl methyl sites for hydroxylation is 1. The molecule has 3 rings (SSSR count). The van der Waals surface area contributed by atoms with Gasteiger partial charge in [0.15, 0.2) is 0 Å². The lowest BCUT2D eigenvalue weighted by atomic mass is 10.3. The van der Waals surface area contributed by atoms with Gasteiger partial charge in [0, 0.05) is 19.8 Å². The van der Waals surface area contributed by atoms with Crippen LogP contribution in [-0.2, 0) is 13.6 Å². The maximum Gasteiger partial charge on any atom is 0.320 e. The fourth-order valence-electron chi connectivity index (χ4n) is 2.64. The van der Waals surface area contributed by atoms with Gasteiger partial charge < -0.3 is 9.88 Å². The van der Waals surface area contributed by atoms with Crippen molar-refractivity contribution in [3.05, 3.63) is 47.8 Å². The molecule has 3 aromatic rings.